The zero-order valence-electron chi connectivity index (χ0n) is 7.64. The number of amides is 1. The van der Waals surface area contributed by atoms with E-state index in [2.05, 4.69) is 11.9 Å². The quantitative estimate of drug-likeness (QED) is 0.725. The first kappa shape index (κ1) is 8.94. The van der Waals surface area contributed by atoms with Gasteiger partial charge in [-0.15, -0.1) is 0 Å². The number of fused-ring (bicyclic) bond motifs is 1. The number of hydrogen-bond donors (Lipinski definition) is 1. The van der Waals surface area contributed by atoms with Gasteiger partial charge in [0.05, 0.1) is 5.69 Å². The first-order valence-electron chi connectivity index (χ1n) is 4.45. The van der Waals surface area contributed by atoms with E-state index in [1.165, 1.54) is 6.07 Å². The maximum Gasteiger partial charge on any atom is 0.224 e. The molecule has 0 fully saturated rings. The van der Waals surface area contributed by atoms with Gasteiger partial charge in [-0.25, -0.2) is 4.39 Å². The zero-order chi connectivity index (χ0) is 10.1. The molecule has 0 spiro atoms. The minimum atomic E-state index is -0.384. The molecule has 0 unspecified atom stereocenters. The molecule has 0 atom stereocenters. The highest BCUT2D eigenvalue weighted by atomic mass is 19.1. The van der Waals surface area contributed by atoms with Gasteiger partial charge < -0.3 is 5.32 Å². The van der Waals surface area contributed by atoms with Gasteiger partial charge >= 0.3 is 0 Å². The Bertz CT molecular complexity index is 412. The van der Waals surface area contributed by atoms with Crippen molar-refractivity contribution in [1.29, 1.82) is 0 Å². The highest BCUT2D eigenvalue weighted by molar-refractivity contribution is 5.94. The SMILES string of the molecule is C=Cc1cc(F)c2c(c1)CCC(=O)N2. The fourth-order valence-electron chi connectivity index (χ4n) is 1.59. The maximum atomic E-state index is 13.4. The lowest BCUT2D eigenvalue weighted by Gasteiger charge is -2.17. The minimum Gasteiger partial charge on any atom is -0.323 e. The summed E-state index contributed by atoms with van der Waals surface area (Å²) in [4.78, 5) is 11.0. The molecular formula is C11H10FNO. The van der Waals surface area contributed by atoms with Crippen molar-refractivity contribution in [2.45, 2.75) is 12.8 Å². The number of halogens is 1. The summed E-state index contributed by atoms with van der Waals surface area (Å²) in [7, 11) is 0. The fourth-order valence-corrected chi connectivity index (χ4v) is 1.59. The van der Waals surface area contributed by atoms with Gasteiger partial charge in [-0.1, -0.05) is 12.7 Å². The molecule has 0 radical (unpaired) electrons. The molecule has 2 rings (SSSR count). The lowest BCUT2D eigenvalue weighted by Crippen LogP contribution is -2.20. The number of aryl methyl sites for hydroxylation is 1. The van der Waals surface area contributed by atoms with Crippen molar-refractivity contribution in [3.63, 3.8) is 0 Å². The monoisotopic (exact) mass is 191 g/mol. The predicted octanol–water partition coefficient (Wildman–Crippen LogP) is 2.35. The lowest BCUT2D eigenvalue weighted by molar-refractivity contribution is -0.116. The molecule has 0 aromatic heterocycles. The second kappa shape index (κ2) is 3.25. The normalized spacial score (nSPS) is 14.5. The highest BCUT2D eigenvalue weighted by Crippen LogP contribution is 2.27. The van der Waals surface area contributed by atoms with Gasteiger partial charge in [0.25, 0.3) is 0 Å². The van der Waals surface area contributed by atoms with Crippen LogP contribution in [0.15, 0.2) is 18.7 Å². The van der Waals surface area contributed by atoms with Crippen molar-refractivity contribution in [3.05, 3.63) is 35.7 Å². The lowest BCUT2D eigenvalue weighted by atomic mass is 10.00. The van der Waals surface area contributed by atoms with E-state index in [0.29, 0.717) is 18.5 Å². The van der Waals surface area contributed by atoms with Crippen molar-refractivity contribution < 1.29 is 9.18 Å². The number of anilines is 1. The maximum absolute atomic E-state index is 13.4. The van der Waals surface area contributed by atoms with Crippen LogP contribution < -0.4 is 5.32 Å². The van der Waals surface area contributed by atoms with E-state index in [1.54, 1.807) is 6.08 Å². The zero-order valence-corrected chi connectivity index (χ0v) is 7.64. The van der Waals surface area contributed by atoms with Crippen LogP contribution in [0.2, 0.25) is 0 Å². The van der Waals surface area contributed by atoms with Crippen molar-refractivity contribution in [1.82, 2.24) is 0 Å². The van der Waals surface area contributed by atoms with Gasteiger partial charge in [-0.05, 0) is 29.7 Å². The molecule has 1 N–H and O–H groups in total. The third-order valence-electron chi connectivity index (χ3n) is 2.32. The van der Waals surface area contributed by atoms with Crippen LogP contribution in [0.3, 0.4) is 0 Å². The van der Waals surface area contributed by atoms with E-state index in [-0.39, 0.29) is 11.7 Å². The molecule has 14 heavy (non-hydrogen) atoms. The molecule has 1 aliphatic rings. The van der Waals surface area contributed by atoms with E-state index < -0.39 is 0 Å². The number of nitrogens with one attached hydrogen (secondary N) is 1. The Morgan fingerprint density at radius 3 is 2.93 bits per heavy atom. The van der Waals surface area contributed by atoms with Gasteiger partial charge in [-0.2, -0.15) is 0 Å². The van der Waals surface area contributed by atoms with E-state index in [4.69, 9.17) is 0 Å². The average molecular weight is 191 g/mol. The summed E-state index contributed by atoms with van der Waals surface area (Å²) in [5.41, 5.74) is 1.92. The van der Waals surface area contributed by atoms with Crippen LogP contribution in [-0.2, 0) is 11.2 Å². The van der Waals surface area contributed by atoms with Gasteiger partial charge in [0.15, 0.2) is 0 Å². The number of benzene rings is 1. The van der Waals surface area contributed by atoms with Crippen LogP contribution in [0, 0.1) is 5.82 Å². The van der Waals surface area contributed by atoms with Crippen molar-refractivity contribution in [2.75, 3.05) is 5.32 Å². The molecule has 1 aromatic carbocycles. The molecule has 0 aliphatic carbocycles. The topological polar surface area (TPSA) is 29.1 Å². The summed E-state index contributed by atoms with van der Waals surface area (Å²) in [6, 6.07) is 3.22. The Hall–Kier alpha value is -1.64. The van der Waals surface area contributed by atoms with E-state index in [9.17, 15) is 9.18 Å². The number of rotatable bonds is 1. The van der Waals surface area contributed by atoms with E-state index in [0.717, 1.165) is 11.1 Å². The first-order valence-corrected chi connectivity index (χ1v) is 4.45. The molecule has 0 bridgehead atoms. The Labute approximate surface area is 81.4 Å². The Morgan fingerprint density at radius 2 is 2.21 bits per heavy atom. The molecule has 1 aliphatic heterocycles. The number of hydrogen-bond acceptors (Lipinski definition) is 1. The molecule has 72 valence electrons. The van der Waals surface area contributed by atoms with E-state index >= 15 is 0 Å². The molecule has 0 saturated heterocycles. The van der Waals surface area contributed by atoms with Crippen LogP contribution >= 0.6 is 0 Å². The van der Waals surface area contributed by atoms with E-state index in [1.807, 2.05) is 6.07 Å². The summed E-state index contributed by atoms with van der Waals surface area (Å²) < 4.78 is 13.4. The molecule has 1 heterocycles. The van der Waals surface area contributed by atoms with Gasteiger partial charge in [0.1, 0.15) is 5.82 Å². The second-order valence-electron chi connectivity index (χ2n) is 3.29. The Kier molecular flexibility index (Phi) is 2.08. The average Bonchev–Trinajstić information content (AvgIpc) is 2.19. The summed E-state index contributed by atoms with van der Waals surface area (Å²) in [6.45, 7) is 3.58. The number of carbonyl (C=O) groups is 1. The third-order valence-corrected chi connectivity index (χ3v) is 2.32. The second-order valence-corrected chi connectivity index (χ2v) is 3.29. The van der Waals surface area contributed by atoms with Crippen molar-refractivity contribution in [3.8, 4) is 0 Å². The number of carbonyl (C=O) groups excluding carboxylic acids is 1. The van der Waals surface area contributed by atoms with Crippen LogP contribution in [0.5, 0.6) is 0 Å². The van der Waals surface area contributed by atoms with Crippen molar-refractivity contribution >= 4 is 17.7 Å². The smallest absolute Gasteiger partial charge is 0.224 e. The first-order chi connectivity index (χ1) is 6.70. The Balaban J connectivity index is 2.53. The van der Waals surface area contributed by atoms with Crippen LogP contribution in [-0.4, -0.2) is 5.91 Å². The summed E-state index contributed by atoms with van der Waals surface area (Å²) >= 11 is 0. The summed E-state index contributed by atoms with van der Waals surface area (Å²) in [6.07, 6.45) is 2.62. The minimum absolute atomic E-state index is 0.122. The molecule has 2 nitrogen and oxygen atoms in total. The summed E-state index contributed by atoms with van der Waals surface area (Å²) in [5.74, 6) is -0.506. The molecule has 3 heteroatoms. The molecule has 0 saturated carbocycles. The van der Waals surface area contributed by atoms with Gasteiger partial charge in [0.2, 0.25) is 5.91 Å². The van der Waals surface area contributed by atoms with Gasteiger partial charge in [-0.3, -0.25) is 4.79 Å². The van der Waals surface area contributed by atoms with Crippen LogP contribution in [0.4, 0.5) is 10.1 Å². The largest absolute Gasteiger partial charge is 0.323 e. The van der Waals surface area contributed by atoms with Crippen LogP contribution in [0.25, 0.3) is 6.08 Å². The third kappa shape index (κ3) is 1.41. The van der Waals surface area contributed by atoms with Gasteiger partial charge in [0, 0.05) is 6.42 Å². The summed E-state index contributed by atoms with van der Waals surface area (Å²) in [5, 5.41) is 2.53. The van der Waals surface area contributed by atoms with Crippen LogP contribution in [0.1, 0.15) is 17.5 Å². The Morgan fingerprint density at radius 1 is 1.43 bits per heavy atom. The molecular weight excluding hydrogens is 181 g/mol. The standard InChI is InChI=1S/C11H10FNO/c1-2-7-5-8-3-4-10(14)13-11(8)9(12)6-7/h2,5-6H,1,3-4H2,(H,13,14). The highest BCUT2D eigenvalue weighted by Gasteiger charge is 2.18. The van der Waals surface area contributed by atoms with Crippen molar-refractivity contribution in [2.24, 2.45) is 0 Å². The molecule has 1 amide bonds. The predicted molar refractivity (Wildman–Crippen MR) is 53.4 cm³/mol. The fraction of sp³-hybridized carbons (Fsp3) is 0.182. The molecule has 1 aromatic rings.